The molecule has 3 aliphatic rings. The lowest BCUT2D eigenvalue weighted by atomic mass is 9.35. The Bertz CT molecular complexity index is 2810. The van der Waals surface area contributed by atoms with Gasteiger partial charge in [0.05, 0.1) is 17.0 Å². The first-order valence-electron chi connectivity index (χ1n) is 21.7. The fraction of sp³-hybridized carbons (Fsp3) is 0.309. The molecule has 3 nitrogen and oxygen atoms in total. The number of hydrogen-bond donors (Lipinski definition) is 0. The van der Waals surface area contributed by atoms with E-state index >= 15 is 0 Å². The van der Waals surface area contributed by atoms with Crippen LogP contribution in [0.1, 0.15) is 110 Å². The molecule has 0 unspecified atom stereocenters. The molecule has 0 fully saturated rings. The van der Waals surface area contributed by atoms with Crippen molar-refractivity contribution < 1.29 is 4.42 Å². The minimum absolute atomic E-state index is 0.00905. The lowest BCUT2D eigenvalue weighted by Crippen LogP contribution is -2.61. The highest BCUT2D eigenvalue weighted by molar-refractivity contribution is 7.00. The first kappa shape index (κ1) is 37.8. The Morgan fingerprint density at radius 3 is 1.83 bits per heavy atom. The number of furan rings is 1. The van der Waals surface area contributed by atoms with Crippen LogP contribution in [0.5, 0.6) is 0 Å². The highest BCUT2D eigenvalue weighted by Crippen LogP contribution is 2.52. The van der Waals surface area contributed by atoms with Gasteiger partial charge in [-0.25, -0.2) is 0 Å². The van der Waals surface area contributed by atoms with Crippen LogP contribution in [0.2, 0.25) is 0 Å². The van der Waals surface area contributed by atoms with Gasteiger partial charge in [-0.3, -0.25) is 0 Å². The fourth-order valence-electron chi connectivity index (χ4n) is 10.3. The number of benzene rings is 6. The third-order valence-electron chi connectivity index (χ3n) is 13.9. The molecule has 4 heteroatoms. The largest absolute Gasteiger partial charge is 0.468 e. The highest BCUT2D eigenvalue weighted by atomic mass is 16.3. The van der Waals surface area contributed by atoms with E-state index in [0.717, 1.165) is 40.8 Å². The topological polar surface area (TPSA) is 19.6 Å². The van der Waals surface area contributed by atoms with E-state index < -0.39 is 0 Å². The SMILES string of the molecule is Cc1cc2c3c(c1)N(c1ccc(C(C)(C)C)cc1)c1c(oc4ccccc14)B3c1cc3c(cc1N2c1ccc(C(C)(C)C)cc1-c1ccccc1)C(C)(C)CCC3(C)C. The van der Waals surface area contributed by atoms with Crippen molar-refractivity contribution in [2.45, 2.75) is 111 Å². The number of aryl methyl sites for hydroxylation is 1. The zero-order valence-electron chi connectivity index (χ0n) is 36.8. The van der Waals surface area contributed by atoms with Gasteiger partial charge in [0.2, 0.25) is 0 Å². The molecule has 2 aliphatic heterocycles. The van der Waals surface area contributed by atoms with Gasteiger partial charge in [0.1, 0.15) is 5.58 Å². The number of rotatable bonds is 3. The van der Waals surface area contributed by atoms with Gasteiger partial charge >= 0.3 is 0 Å². The molecule has 0 N–H and O–H groups in total. The summed E-state index contributed by atoms with van der Waals surface area (Å²) in [4.78, 5) is 5.13. The quantitative estimate of drug-likeness (QED) is 0.167. The number of fused-ring (bicyclic) bond motifs is 7. The molecule has 0 atom stereocenters. The van der Waals surface area contributed by atoms with Crippen molar-refractivity contribution in [1.82, 2.24) is 0 Å². The molecule has 6 aromatic carbocycles. The van der Waals surface area contributed by atoms with E-state index in [1.54, 1.807) is 0 Å². The van der Waals surface area contributed by atoms with Crippen LogP contribution in [0.15, 0.2) is 126 Å². The average Bonchev–Trinajstić information content (AvgIpc) is 3.58. The minimum atomic E-state index is -0.0977. The molecular weight excluding hydrogens is 715 g/mol. The van der Waals surface area contributed by atoms with Crippen LogP contribution in [0.3, 0.4) is 0 Å². The summed E-state index contributed by atoms with van der Waals surface area (Å²) in [6.07, 6.45) is 2.31. The van der Waals surface area contributed by atoms with Crippen LogP contribution in [0.4, 0.5) is 34.1 Å². The third kappa shape index (κ3) is 5.84. The Labute approximate surface area is 352 Å². The number of nitrogens with zero attached hydrogens (tertiary/aromatic N) is 2. The summed E-state index contributed by atoms with van der Waals surface area (Å²) in [5.41, 5.74) is 21.1. The molecule has 0 saturated heterocycles. The van der Waals surface area contributed by atoms with Crippen LogP contribution in [0.25, 0.3) is 22.1 Å². The van der Waals surface area contributed by atoms with Gasteiger partial charge in [0.25, 0.3) is 6.71 Å². The van der Waals surface area contributed by atoms with Crippen LogP contribution >= 0.6 is 0 Å². The summed E-state index contributed by atoms with van der Waals surface area (Å²) in [7, 11) is 0. The zero-order chi connectivity index (χ0) is 41.4. The van der Waals surface area contributed by atoms with Crippen molar-refractivity contribution in [2.24, 2.45) is 0 Å². The minimum Gasteiger partial charge on any atom is -0.468 e. The molecule has 0 amide bonds. The first-order chi connectivity index (χ1) is 27.9. The van der Waals surface area contributed by atoms with E-state index in [9.17, 15) is 0 Å². The van der Waals surface area contributed by atoms with E-state index in [0.29, 0.717) is 0 Å². The second kappa shape index (κ2) is 12.8. The number of para-hydroxylation sites is 1. The summed E-state index contributed by atoms with van der Waals surface area (Å²) in [6, 6.07) is 46.2. The summed E-state index contributed by atoms with van der Waals surface area (Å²) in [6.45, 7) is 25.8. The maximum atomic E-state index is 7.22. The van der Waals surface area contributed by atoms with E-state index in [1.807, 2.05) is 0 Å². The Morgan fingerprint density at radius 1 is 0.576 bits per heavy atom. The number of hydrogen-bond acceptors (Lipinski definition) is 3. The summed E-state index contributed by atoms with van der Waals surface area (Å²) in [5, 5.41) is 1.14. The smallest absolute Gasteiger partial charge is 0.297 e. The average molecular weight is 773 g/mol. The molecule has 1 aromatic heterocycles. The number of anilines is 6. The van der Waals surface area contributed by atoms with E-state index in [4.69, 9.17) is 4.42 Å². The van der Waals surface area contributed by atoms with Gasteiger partial charge in [-0.15, -0.1) is 0 Å². The maximum absolute atomic E-state index is 7.22. The standard InChI is InChI=1S/C55H57BN2O/c1-34-29-46-49-47(30-34)58(44-26-23-37(53(5,6)7)31-40(44)35-17-13-12-14-18-35)45-33-42-41(54(8,9)27-28-55(42,10)11)32-43(45)56(49)51-50(39-19-15-16-20-48(39)59-51)57(46)38-24-21-36(22-25-38)52(2,3)4/h12-26,29-33H,27-28H2,1-11H3. The van der Waals surface area contributed by atoms with Crippen LogP contribution < -0.4 is 26.4 Å². The molecular formula is C55H57BN2O. The van der Waals surface area contributed by atoms with Crippen molar-refractivity contribution in [1.29, 1.82) is 0 Å². The zero-order valence-corrected chi connectivity index (χ0v) is 36.8. The Kier molecular flexibility index (Phi) is 8.17. The fourth-order valence-corrected chi connectivity index (χ4v) is 10.3. The molecule has 3 heterocycles. The summed E-state index contributed by atoms with van der Waals surface area (Å²) in [5.74, 6) is 0. The first-order valence-corrected chi connectivity index (χ1v) is 21.7. The van der Waals surface area contributed by atoms with E-state index in [2.05, 4.69) is 207 Å². The van der Waals surface area contributed by atoms with Gasteiger partial charge in [-0.2, -0.15) is 0 Å². The molecule has 0 saturated carbocycles. The molecule has 296 valence electrons. The molecule has 10 rings (SSSR count). The Balaban J connectivity index is 1.34. The predicted molar refractivity (Wildman–Crippen MR) is 253 cm³/mol. The van der Waals surface area contributed by atoms with Crippen LogP contribution in [-0.2, 0) is 21.7 Å². The predicted octanol–water partition coefficient (Wildman–Crippen LogP) is 13.4. The molecule has 0 radical (unpaired) electrons. The Morgan fingerprint density at radius 2 is 1.17 bits per heavy atom. The van der Waals surface area contributed by atoms with Crippen molar-refractivity contribution >= 4 is 68.4 Å². The highest BCUT2D eigenvalue weighted by Gasteiger charge is 2.49. The molecule has 7 aromatic rings. The van der Waals surface area contributed by atoms with E-state index in [-0.39, 0.29) is 28.4 Å². The summed E-state index contributed by atoms with van der Waals surface area (Å²) >= 11 is 0. The summed E-state index contributed by atoms with van der Waals surface area (Å²) < 4.78 is 7.22. The monoisotopic (exact) mass is 772 g/mol. The van der Waals surface area contributed by atoms with Crippen molar-refractivity contribution in [3.63, 3.8) is 0 Å². The van der Waals surface area contributed by atoms with Gasteiger partial charge in [0.15, 0.2) is 0 Å². The third-order valence-corrected chi connectivity index (χ3v) is 13.9. The molecule has 59 heavy (non-hydrogen) atoms. The van der Waals surface area contributed by atoms with Crippen LogP contribution in [-0.4, -0.2) is 6.71 Å². The maximum Gasteiger partial charge on any atom is 0.297 e. The van der Waals surface area contributed by atoms with Gasteiger partial charge < -0.3 is 14.2 Å². The van der Waals surface area contributed by atoms with Crippen molar-refractivity contribution in [2.75, 3.05) is 9.80 Å². The van der Waals surface area contributed by atoms with Crippen molar-refractivity contribution in [3.05, 3.63) is 149 Å². The second-order valence-corrected chi connectivity index (χ2v) is 21.0. The van der Waals surface area contributed by atoms with E-state index in [1.165, 1.54) is 72.6 Å². The van der Waals surface area contributed by atoms with Gasteiger partial charge in [0, 0.05) is 33.7 Å². The molecule has 0 spiro atoms. The van der Waals surface area contributed by atoms with Crippen LogP contribution in [0, 0.1) is 6.92 Å². The Hall–Kier alpha value is -5.48. The second-order valence-electron chi connectivity index (χ2n) is 21.0. The lowest BCUT2D eigenvalue weighted by Gasteiger charge is -2.47. The molecule has 1 aliphatic carbocycles. The lowest BCUT2D eigenvalue weighted by molar-refractivity contribution is 0.332. The van der Waals surface area contributed by atoms with Crippen molar-refractivity contribution in [3.8, 4) is 11.1 Å². The molecule has 0 bridgehead atoms. The van der Waals surface area contributed by atoms with Gasteiger partial charge in [-0.05, 0) is 140 Å². The normalized spacial score (nSPS) is 16.4. The van der Waals surface area contributed by atoms with Gasteiger partial charge in [-0.1, -0.05) is 136 Å².